The molecule has 1 atom stereocenters. The van der Waals surface area contributed by atoms with E-state index in [-0.39, 0.29) is 17.7 Å². The monoisotopic (exact) mass is 351 g/mol. The summed E-state index contributed by atoms with van der Waals surface area (Å²) >= 11 is 0. The molecule has 2 amide bonds. The summed E-state index contributed by atoms with van der Waals surface area (Å²) in [4.78, 5) is 23.7. The summed E-state index contributed by atoms with van der Waals surface area (Å²) in [5, 5.41) is 14.6. The van der Waals surface area contributed by atoms with Crippen molar-refractivity contribution in [3.63, 3.8) is 0 Å². The predicted molar refractivity (Wildman–Crippen MR) is 99.8 cm³/mol. The van der Waals surface area contributed by atoms with Gasteiger partial charge in [0.05, 0.1) is 5.56 Å². The van der Waals surface area contributed by atoms with Gasteiger partial charge in [0, 0.05) is 18.3 Å². The maximum Gasteiger partial charge on any atom is 0.265 e. The molecule has 2 rings (SSSR count). The molecule has 6 nitrogen and oxygen atoms in total. The van der Waals surface area contributed by atoms with Crippen molar-refractivity contribution >= 4 is 23.2 Å². The number of benzene rings is 2. The Morgan fingerprint density at radius 3 is 2.12 bits per heavy atom. The van der Waals surface area contributed by atoms with Crippen molar-refractivity contribution < 1.29 is 14.3 Å². The summed E-state index contributed by atoms with van der Waals surface area (Å²) in [6, 6.07) is 15.7. The Bertz CT molecular complexity index is 823. The molecule has 0 fully saturated rings. The minimum atomic E-state index is -0.750. The van der Waals surface area contributed by atoms with E-state index in [1.807, 2.05) is 13.8 Å². The largest absolute Gasteiger partial charge is 0.479 e. The van der Waals surface area contributed by atoms with Gasteiger partial charge < -0.3 is 15.4 Å². The van der Waals surface area contributed by atoms with Crippen LogP contribution in [0.3, 0.4) is 0 Å². The molecule has 0 radical (unpaired) electrons. The molecule has 2 N–H and O–H groups in total. The molecule has 0 bridgehead atoms. The van der Waals surface area contributed by atoms with Gasteiger partial charge in [0.2, 0.25) is 5.91 Å². The lowest BCUT2D eigenvalue weighted by atomic mass is 10.1. The molecule has 6 heteroatoms. The van der Waals surface area contributed by atoms with Crippen LogP contribution in [0.25, 0.3) is 0 Å². The summed E-state index contributed by atoms with van der Waals surface area (Å²) in [7, 11) is 0. The van der Waals surface area contributed by atoms with Gasteiger partial charge in [-0.3, -0.25) is 9.59 Å². The van der Waals surface area contributed by atoms with Crippen molar-refractivity contribution in [1.29, 1.82) is 5.26 Å². The minimum absolute atomic E-state index is 0.0969. The van der Waals surface area contributed by atoms with Crippen LogP contribution in [-0.2, 0) is 9.59 Å². The van der Waals surface area contributed by atoms with Gasteiger partial charge in [0.1, 0.15) is 11.8 Å². The zero-order valence-corrected chi connectivity index (χ0v) is 14.9. The fourth-order valence-corrected chi connectivity index (χ4v) is 2.34. The number of nitrogens with zero attached hydrogens (tertiary/aromatic N) is 1. The molecule has 1 unspecified atom stereocenters. The first-order valence-electron chi connectivity index (χ1n) is 8.25. The maximum atomic E-state index is 12.6. The number of hydrogen-bond acceptors (Lipinski definition) is 4. The number of hydrogen-bond donors (Lipinski definition) is 2. The Labute approximate surface area is 152 Å². The van der Waals surface area contributed by atoms with Crippen LogP contribution >= 0.6 is 0 Å². The number of para-hydroxylation sites is 1. The lowest BCUT2D eigenvalue weighted by molar-refractivity contribution is -0.124. The van der Waals surface area contributed by atoms with Gasteiger partial charge in [-0.2, -0.15) is 5.26 Å². The number of ether oxygens (including phenoxy) is 1. The van der Waals surface area contributed by atoms with Gasteiger partial charge >= 0.3 is 0 Å². The highest BCUT2D eigenvalue weighted by Crippen LogP contribution is 2.22. The minimum Gasteiger partial charge on any atom is -0.479 e. The molecule has 0 aromatic heterocycles. The van der Waals surface area contributed by atoms with Crippen molar-refractivity contribution in [3.05, 3.63) is 54.1 Å². The quantitative estimate of drug-likeness (QED) is 0.832. The Hall–Kier alpha value is -3.33. The number of nitriles is 1. The molecule has 0 heterocycles. The second kappa shape index (κ2) is 8.67. The summed E-state index contributed by atoms with van der Waals surface area (Å²) in [5.41, 5.74) is 1.62. The number of nitrogens with one attached hydrogen (secondary N) is 2. The SMILES string of the molecule is CC(=O)Nc1ccc(NC(=O)C(Oc2ccccc2C#N)C(C)C)cc1. The van der Waals surface area contributed by atoms with E-state index >= 15 is 0 Å². The van der Waals surface area contributed by atoms with Crippen LogP contribution in [0.1, 0.15) is 26.3 Å². The number of carbonyl (C=O) groups excluding carboxylic acids is 2. The lowest BCUT2D eigenvalue weighted by Gasteiger charge is -2.22. The molecule has 2 aromatic rings. The number of anilines is 2. The maximum absolute atomic E-state index is 12.6. The Kier molecular flexibility index (Phi) is 6.34. The van der Waals surface area contributed by atoms with E-state index in [0.717, 1.165) is 0 Å². The van der Waals surface area contributed by atoms with E-state index in [2.05, 4.69) is 16.7 Å². The normalized spacial score (nSPS) is 11.3. The average molecular weight is 351 g/mol. The Balaban J connectivity index is 2.11. The fraction of sp³-hybridized carbons (Fsp3) is 0.250. The molecule has 0 aliphatic rings. The van der Waals surface area contributed by atoms with Gasteiger partial charge in [0.25, 0.3) is 5.91 Å². The molecule has 0 saturated carbocycles. The third-order valence-electron chi connectivity index (χ3n) is 3.60. The first-order chi connectivity index (χ1) is 12.4. The third kappa shape index (κ3) is 5.08. The zero-order valence-electron chi connectivity index (χ0n) is 14.9. The van der Waals surface area contributed by atoms with E-state index in [9.17, 15) is 14.9 Å². The third-order valence-corrected chi connectivity index (χ3v) is 3.60. The van der Waals surface area contributed by atoms with Crippen molar-refractivity contribution in [3.8, 4) is 11.8 Å². The van der Waals surface area contributed by atoms with Gasteiger partial charge in [-0.25, -0.2) is 0 Å². The molecule has 0 aliphatic heterocycles. The molecule has 26 heavy (non-hydrogen) atoms. The van der Waals surface area contributed by atoms with Crippen molar-refractivity contribution in [2.75, 3.05) is 10.6 Å². The highest BCUT2D eigenvalue weighted by Gasteiger charge is 2.25. The van der Waals surface area contributed by atoms with Crippen LogP contribution in [0.5, 0.6) is 5.75 Å². The zero-order chi connectivity index (χ0) is 19.1. The highest BCUT2D eigenvalue weighted by atomic mass is 16.5. The second-order valence-electron chi connectivity index (χ2n) is 6.14. The van der Waals surface area contributed by atoms with Crippen molar-refractivity contribution in [2.24, 2.45) is 5.92 Å². The molecular weight excluding hydrogens is 330 g/mol. The molecule has 0 saturated heterocycles. The van der Waals surface area contributed by atoms with Crippen LogP contribution in [0.4, 0.5) is 11.4 Å². The Morgan fingerprint density at radius 2 is 1.58 bits per heavy atom. The summed E-state index contributed by atoms with van der Waals surface area (Å²) in [6.45, 7) is 5.18. The van der Waals surface area contributed by atoms with Gasteiger partial charge in [-0.15, -0.1) is 0 Å². The van der Waals surface area contributed by atoms with E-state index < -0.39 is 6.10 Å². The molecule has 134 valence electrons. The van der Waals surface area contributed by atoms with Crippen molar-refractivity contribution in [1.82, 2.24) is 0 Å². The number of rotatable bonds is 6. The summed E-state index contributed by atoms with van der Waals surface area (Å²) < 4.78 is 5.82. The van der Waals surface area contributed by atoms with Crippen LogP contribution in [0.2, 0.25) is 0 Å². The van der Waals surface area contributed by atoms with Gasteiger partial charge in [-0.1, -0.05) is 26.0 Å². The molecule has 0 aliphatic carbocycles. The first-order valence-corrected chi connectivity index (χ1v) is 8.25. The lowest BCUT2D eigenvalue weighted by Crippen LogP contribution is -2.37. The molecule has 2 aromatic carbocycles. The summed E-state index contributed by atoms with van der Waals surface area (Å²) in [6.07, 6.45) is -0.750. The predicted octanol–water partition coefficient (Wildman–Crippen LogP) is 3.56. The molecule has 0 spiro atoms. The van der Waals surface area contributed by atoms with Crippen molar-refractivity contribution in [2.45, 2.75) is 26.9 Å². The van der Waals surface area contributed by atoms with Crippen LogP contribution in [0, 0.1) is 17.2 Å². The smallest absolute Gasteiger partial charge is 0.265 e. The average Bonchev–Trinajstić information content (AvgIpc) is 2.60. The highest BCUT2D eigenvalue weighted by molar-refractivity contribution is 5.95. The summed E-state index contributed by atoms with van der Waals surface area (Å²) in [5.74, 6) is -0.184. The topological polar surface area (TPSA) is 91.2 Å². The van der Waals surface area contributed by atoms with Gasteiger partial charge in [0.15, 0.2) is 6.10 Å². The first kappa shape index (κ1) is 19.0. The number of carbonyl (C=O) groups is 2. The Morgan fingerprint density at radius 1 is 1.00 bits per heavy atom. The van der Waals surface area contributed by atoms with Crippen LogP contribution in [-0.4, -0.2) is 17.9 Å². The van der Waals surface area contributed by atoms with Gasteiger partial charge in [-0.05, 0) is 42.3 Å². The van der Waals surface area contributed by atoms with E-state index in [0.29, 0.717) is 22.7 Å². The second-order valence-corrected chi connectivity index (χ2v) is 6.14. The fourth-order valence-electron chi connectivity index (χ4n) is 2.34. The molecular formula is C20H21N3O3. The number of amides is 2. The standard InChI is InChI=1S/C20H21N3O3/c1-13(2)19(26-18-7-5-4-6-15(18)12-21)20(25)23-17-10-8-16(9-11-17)22-14(3)24/h4-11,13,19H,1-3H3,(H,22,24)(H,23,25). The van der Waals surface area contributed by atoms with E-state index in [1.165, 1.54) is 6.92 Å². The van der Waals surface area contributed by atoms with E-state index in [4.69, 9.17) is 4.74 Å². The van der Waals surface area contributed by atoms with Crippen LogP contribution in [0.15, 0.2) is 48.5 Å². The van der Waals surface area contributed by atoms with E-state index in [1.54, 1.807) is 48.5 Å². The van der Waals surface area contributed by atoms with Crippen LogP contribution < -0.4 is 15.4 Å².